The molecule has 0 aliphatic heterocycles. The number of primary amides is 1. The summed E-state index contributed by atoms with van der Waals surface area (Å²) in [5.74, 6) is -1.54. The molecule has 150 valence electrons. The summed E-state index contributed by atoms with van der Waals surface area (Å²) in [7, 11) is 0. The number of ether oxygens (including phenoxy) is 1. The molecule has 28 heavy (non-hydrogen) atoms. The van der Waals surface area contributed by atoms with Crippen LogP contribution in [0.5, 0.6) is 5.75 Å². The molecule has 0 spiro atoms. The van der Waals surface area contributed by atoms with Crippen LogP contribution < -0.4 is 26.6 Å². The molecule has 0 aromatic heterocycles. The number of rotatable bonds is 9. The molecule has 0 saturated heterocycles. The first-order valence-electron chi connectivity index (χ1n) is 7.82. The maximum Gasteiger partial charge on any atom is 0.255 e. The Balaban J connectivity index is 0.00000392. The number of amidine groups is 1. The molecule has 0 saturated carbocycles. The van der Waals surface area contributed by atoms with Crippen molar-refractivity contribution in [3.63, 3.8) is 0 Å². The number of amides is 1. The van der Waals surface area contributed by atoms with Crippen molar-refractivity contribution in [2.24, 2.45) is 11.5 Å². The van der Waals surface area contributed by atoms with E-state index in [1.165, 1.54) is 11.8 Å². The Morgan fingerprint density at radius 2 is 1.86 bits per heavy atom. The van der Waals surface area contributed by atoms with Gasteiger partial charge in [-0.2, -0.15) is 0 Å². The Morgan fingerprint density at radius 3 is 2.36 bits per heavy atom. The average molecular weight is 424 g/mol. The largest absolute Gasteiger partial charge is 0.548 e. The van der Waals surface area contributed by atoms with Crippen LogP contribution in [0.4, 0.5) is 5.69 Å². The first-order valence-corrected chi connectivity index (χ1v) is 9.05. The lowest BCUT2D eigenvalue weighted by molar-refractivity contribution is -0.307. The molecule has 2 aromatic rings. The third kappa shape index (κ3) is 6.07. The molecule has 6 N–H and O–H groups in total. The van der Waals surface area contributed by atoms with Crippen molar-refractivity contribution in [1.29, 1.82) is 5.41 Å². The maximum atomic E-state index is 11.7. The normalized spacial score (nSPS) is 11.0. The number of benzene rings is 2. The third-order valence-electron chi connectivity index (χ3n) is 3.63. The zero-order chi connectivity index (χ0) is 20.0. The number of halogens is 1. The van der Waals surface area contributed by atoms with E-state index in [0.717, 1.165) is 0 Å². The minimum atomic E-state index is -1.30. The zero-order valence-corrected chi connectivity index (χ0v) is 16.6. The topological polar surface area (TPSA) is 154 Å². The molecule has 8 nitrogen and oxygen atoms in total. The van der Waals surface area contributed by atoms with Gasteiger partial charge in [-0.05, 0) is 48.2 Å². The summed E-state index contributed by atoms with van der Waals surface area (Å²) in [6.07, 6.45) is 1.80. The highest BCUT2D eigenvalue weighted by Gasteiger charge is 2.16. The average Bonchev–Trinajstić information content (AvgIpc) is 2.64. The van der Waals surface area contributed by atoms with Gasteiger partial charge in [-0.3, -0.25) is 10.2 Å². The fraction of sp³-hybridized carbons (Fsp3) is 0.167. The van der Waals surface area contributed by atoms with Gasteiger partial charge in [-0.25, -0.2) is 0 Å². The van der Waals surface area contributed by atoms with E-state index in [1.807, 2.05) is 0 Å². The van der Waals surface area contributed by atoms with E-state index in [2.05, 4.69) is 5.32 Å². The van der Waals surface area contributed by atoms with Gasteiger partial charge >= 0.3 is 0 Å². The summed E-state index contributed by atoms with van der Waals surface area (Å²) in [6, 6.07) is 10.2. The molecular formula is C18H20ClN4O4S-. The number of aliphatic carboxylic acids is 1. The molecule has 2 rings (SSSR count). The maximum absolute atomic E-state index is 11.7. The number of nitrogens with one attached hydrogen (secondary N) is 2. The smallest absolute Gasteiger partial charge is 0.255 e. The molecule has 0 bridgehead atoms. The van der Waals surface area contributed by atoms with Gasteiger partial charge in [-0.1, -0.05) is 6.07 Å². The standard InChI is InChI=1S/C18H20N4O4S.ClH/c1-27-14-8-11(4-7-13(14)26-9-15(19)23)16(18(24)25)22-12-5-2-10(3-6-12)17(20)21;/h2-8,16,22H,9H2,1H3,(H2,19,23)(H3,20,21)(H,24,25);1H/p-1. The van der Waals surface area contributed by atoms with Gasteiger partial charge in [0.2, 0.25) is 0 Å². The number of nitrogens with two attached hydrogens (primary N) is 2. The van der Waals surface area contributed by atoms with Crippen molar-refractivity contribution >= 4 is 47.6 Å². The number of hydrogen-bond donors (Lipinski definition) is 4. The summed E-state index contributed by atoms with van der Waals surface area (Å²) in [6.45, 7) is -0.266. The lowest BCUT2D eigenvalue weighted by Gasteiger charge is -2.22. The summed E-state index contributed by atoms with van der Waals surface area (Å²) in [4.78, 5) is 23.2. The van der Waals surface area contributed by atoms with E-state index < -0.39 is 17.9 Å². The van der Waals surface area contributed by atoms with Crippen molar-refractivity contribution in [2.45, 2.75) is 10.9 Å². The number of carboxylic acid groups (broad SMARTS) is 1. The number of carbonyl (C=O) groups excluding carboxylic acids is 2. The fourth-order valence-corrected chi connectivity index (χ4v) is 2.90. The first-order chi connectivity index (χ1) is 12.8. The molecule has 1 atom stereocenters. The quantitative estimate of drug-likeness (QED) is 0.265. The van der Waals surface area contributed by atoms with Gasteiger partial charge in [0, 0.05) is 16.1 Å². The Labute approximate surface area is 172 Å². The lowest BCUT2D eigenvalue weighted by Crippen LogP contribution is -2.34. The minimum Gasteiger partial charge on any atom is -0.548 e. The van der Waals surface area contributed by atoms with Crippen LogP contribution in [0.2, 0.25) is 0 Å². The van der Waals surface area contributed by atoms with Crippen molar-refractivity contribution in [3.8, 4) is 5.75 Å². The van der Waals surface area contributed by atoms with E-state index in [4.69, 9.17) is 21.6 Å². The summed E-state index contributed by atoms with van der Waals surface area (Å²) in [5, 5.41) is 21.9. The number of thioether (sulfide) groups is 1. The molecular weight excluding hydrogens is 404 g/mol. The number of nitrogen functional groups attached to an aromatic ring is 1. The number of hydrogen-bond acceptors (Lipinski definition) is 7. The monoisotopic (exact) mass is 423 g/mol. The highest BCUT2D eigenvalue weighted by atomic mass is 35.5. The van der Waals surface area contributed by atoms with Crippen molar-refractivity contribution in [3.05, 3.63) is 53.6 Å². The summed E-state index contributed by atoms with van der Waals surface area (Å²) >= 11 is 1.35. The summed E-state index contributed by atoms with van der Waals surface area (Å²) in [5.41, 5.74) is 12.0. The van der Waals surface area contributed by atoms with Crippen LogP contribution in [-0.2, 0) is 9.59 Å². The molecule has 0 fully saturated rings. The van der Waals surface area contributed by atoms with E-state index in [0.29, 0.717) is 27.5 Å². The Bertz CT molecular complexity index is 861. The van der Waals surface area contributed by atoms with Gasteiger partial charge in [0.05, 0.1) is 12.0 Å². The molecule has 0 aliphatic carbocycles. The molecule has 0 heterocycles. The summed E-state index contributed by atoms with van der Waals surface area (Å²) < 4.78 is 5.33. The molecule has 0 radical (unpaired) electrons. The van der Waals surface area contributed by atoms with E-state index in [9.17, 15) is 14.7 Å². The van der Waals surface area contributed by atoms with Gasteiger partial charge in [0.15, 0.2) is 6.61 Å². The second kappa shape index (κ2) is 10.4. The van der Waals surface area contributed by atoms with Gasteiger partial charge in [0.25, 0.3) is 5.91 Å². The van der Waals surface area contributed by atoms with Gasteiger partial charge < -0.3 is 31.4 Å². The first kappa shape index (κ1) is 23.1. The van der Waals surface area contributed by atoms with Crippen LogP contribution in [0, 0.1) is 5.41 Å². The lowest BCUT2D eigenvalue weighted by atomic mass is 10.1. The Morgan fingerprint density at radius 1 is 1.21 bits per heavy atom. The number of anilines is 1. The van der Waals surface area contributed by atoms with Gasteiger partial charge in [-0.15, -0.1) is 24.2 Å². The highest BCUT2D eigenvalue weighted by Crippen LogP contribution is 2.31. The number of carboxylic acids is 1. The van der Waals surface area contributed by atoms with Crippen molar-refractivity contribution in [2.75, 3.05) is 18.2 Å². The van der Waals surface area contributed by atoms with Crippen LogP contribution in [0.3, 0.4) is 0 Å². The Kier molecular flexibility index (Phi) is 8.62. The third-order valence-corrected chi connectivity index (χ3v) is 4.39. The van der Waals surface area contributed by atoms with Crippen LogP contribution in [0.25, 0.3) is 0 Å². The van der Waals surface area contributed by atoms with Crippen molar-refractivity contribution in [1.82, 2.24) is 0 Å². The van der Waals surface area contributed by atoms with E-state index in [-0.39, 0.29) is 24.8 Å². The second-order valence-electron chi connectivity index (χ2n) is 5.55. The molecule has 0 aliphatic rings. The van der Waals surface area contributed by atoms with Crippen LogP contribution >= 0.6 is 24.2 Å². The predicted molar refractivity (Wildman–Crippen MR) is 109 cm³/mol. The van der Waals surface area contributed by atoms with Crippen LogP contribution in [0.15, 0.2) is 47.4 Å². The molecule has 10 heteroatoms. The molecule has 1 unspecified atom stereocenters. The second-order valence-corrected chi connectivity index (χ2v) is 6.40. The minimum absolute atomic E-state index is 0. The SMILES string of the molecule is CSc1cc(C(Nc2ccc(C(=N)N)cc2)C(=O)[O-])ccc1OCC(N)=O.Cl. The molecule has 2 aromatic carbocycles. The van der Waals surface area contributed by atoms with E-state index >= 15 is 0 Å². The van der Waals surface area contributed by atoms with Crippen molar-refractivity contribution < 1.29 is 19.4 Å². The fourth-order valence-electron chi connectivity index (χ4n) is 2.32. The van der Waals surface area contributed by atoms with Crippen LogP contribution in [-0.4, -0.2) is 30.6 Å². The molecule has 1 amide bonds. The Hall–Kier alpha value is -2.91. The van der Waals surface area contributed by atoms with Crippen LogP contribution in [0.1, 0.15) is 17.2 Å². The van der Waals surface area contributed by atoms with E-state index in [1.54, 1.807) is 48.7 Å². The zero-order valence-electron chi connectivity index (χ0n) is 14.9. The van der Waals surface area contributed by atoms with Gasteiger partial charge in [0.1, 0.15) is 11.6 Å². The highest BCUT2D eigenvalue weighted by molar-refractivity contribution is 7.98. The predicted octanol–water partition coefficient (Wildman–Crippen LogP) is 0.882. The number of carbonyl (C=O) groups is 2.